The molecule has 0 amide bonds. The van der Waals surface area contributed by atoms with Crippen LogP contribution in [0.15, 0.2) is 30.5 Å². The fraction of sp³-hybridized carbons (Fsp3) is 0.429. The van der Waals surface area contributed by atoms with Crippen LogP contribution in [0.3, 0.4) is 0 Å². The minimum atomic E-state index is 0.276. The molecule has 0 saturated heterocycles. The number of nitrogens with zero attached hydrogens (tertiary/aromatic N) is 1. The predicted molar refractivity (Wildman–Crippen MR) is 67.5 cm³/mol. The molecule has 1 aliphatic rings. The van der Waals surface area contributed by atoms with Crippen molar-refractivity contribution in [1.82, 2.24) is 4.57 Å². The molecule has 1 aromatic carbocycles. The molecule has 1 aliphatic carbocycles. The lowest BCUT2D eigenvalue weighted by atomic mass is 9.64. The first kappa shape index (κ1) is 9.91. The Morgan fingerprint density at radius 1 is 1.31 bits per heavy atom. The Morgan fingerprint density at radius 3 is 2.75 bits per heavy atom. The average molecular weight is 214 g/mol. The number of fused-ring (bicyclic) bond motifs is 1. The molecule has 16 heavy (non-hydrogen) atoms. The van der Waals surface area contributed by atoms with Gasteiger partial charge >= 0.3 is 0 Å². The average Bonchev–Trinajstić information content (AvgIpc) is 2.60. The first-order valence-corrected chi connectivity index (χ1v) is 6.01. The molecule has 2 heteroatoms. The van der Waals surface area contributed by atoms with E-state index in [2.05, 4.69) is 42.1 Å². The van der Waals surface area contributed by atoms with E-state index >= 15 is 0 Å². The first-order valence-electron chi connectivity index (χ1n) is 6.01. The van der Waals surface area contributed by atoms with Gasteiger partial charge in [-0.3, -0.25) is 0 Å². The summed E-state index contributed by atoms with van der Waals surface area (Å²) in [6, 6.07) is 8.96. The van der Waals surface area contributed by atoms with Crippen molar-refractivity contribution in [3.05, 3.63) is 36.0 Å². The molecule has 3 rings (SSSR count). The Labute approximate surface area is 96.1 Å². The van der Waals surface area contributed by atoms with Gasteiger partial charge in [-0.2, -0.15) is 0 Å². The molecule has 0 spiro atoms. The second-order valence-corrected chi connectivity index (χ2v) is 5.04. The SMILES string of the molecule is Cn1ccc2ccc(C3(CN)CCC3)cc21. The van der Waals surface area contributed by atoms with E-state index in [1.807, 2.05) is 0 Å². The first-order chi connectivity index (χ1) is 7.75. The minimum Gasteiger partial charge on any atom is -0.351 e. The molecular weight excluding hydrogens is 196 g/mol. The van der Waals surface area contributed by atoms with Crippen LogP contribution in [-0.2, 0) is 12.5 Å². The van der Waals surface area contributed by atoms with Crippen LogP contribution in [-0.4, -0.2) is 11.1 Å². The predicted octanol–water partition coefficient (Wildman–Crippen LogP) is 2.56. The van der Waals surface area contributed by atoms with Crippen LogP contribution in [0, 0.1) is 0 Å². The summed E-state index contributed by atoms with van der Waals surface area (Å²) < 4.78 is 2.18. The molecule has 2 nitrogen and oxygen atoms in total. The van der Waals surface area contributed by atoms with Crippen molar-refractivity contribution in [2.45, 2.75) is 24.7 Å². The minimum absolute atomic E-state index is 0.276. The van der Waals surface area contributed by atoms with Crippen LogP contribution in [0.25, 0.3) is 10.9 Å². The second-order valence-electron chi connectivity index (χ2n) is 5.04. The Morgan fingerprint density at radius 2 is 2.12 bits per heavy atom. The van der Waals surface area contributed by atoms with Crippen LogP contribution in [0.4, 0.5) is 0 Å². The zero-order chi connectivity index (χ0) is 11.2. The van der Waals surface area contributed by atoms with E-state index < -0.39 is 0 Å². The van der Waals surface area contributed by atoms with Gasteiger partial charge < -0.3 is 10.3 Å². The standard InChI is InChI=1S/C14H18N2/c1-16-8-5-11-3-4-12(9-13(11)16)14(10-15)6-2-7-14/h3-5,8-9H,2,6-7,10,15H2,1H3. The van der Waals surface area contributed by atoms with Gasteiger partial charge in [0.05, 0.1) is 0 Å². The highest BCUT2D eigenvalue weighted by Gasteiger charge is 2.37. The lowest BCUT2D eigenvalue weighted by molar-refractivity contribution is 0.253. The molecule has 0 unspecified atom stereocenters. The maximum Gasteiger partial charge on any atom is 0.0480 e. The molecule has 0 radical (unpaired) electrons. The van der Waals surface area contributed by atoms with Gasteiger partial charge in [0.25, 0.3) is 0 Å². The summed E-state index contributed by atoms with van der Waals surface area (Å²) in [5.74, 6) is 0. The maximum absolute atomic E-state index is 5.95. The Kier molecular flexibility index (Phi) is 2.08. The lowest BCUT2D eigenvalue weighted by Gasteiger charge is -2.41. The van der Waals surface area contributed by atoms with Gasteiger partial charge in [0.15, 0.2) is 0 Å². The molecule has 2 N–H and O–H groups in total. The summed E-state index contributed by atoms with van der Waals surface area (Å²) in [5, 5.41) is 1.32. The van der Waals surface area contributed by atoms with E-state index in [1.165, 1.54) is 35.7 Å². The highest BCUT2D eigenvalue weighted by atomic mass is 14.9. The van der Waals surface area contributed by atoms with Gasteiger partial charge in [0.1, 0.15) is 0 Å². The molecule has 2 aromatic rings. The molecule has 84 valence electrons. The van der Waals surface area contributed by atoms with Crippen molar-refractivity contribution < 1.29 is 0 Å². The summed E-state index contributed by atoms with van der Waals surface area (Å²) in [6.45, 7) is 0.781. The van der Waals surface area contributed by atoms with Crippen molar-refractivity contribution in [3.8, 4) is 0 Å². The summed E-state index contributed by atoms with van der Waals surface area (Å²) in [6.07, 6.45) is 5.94. The van der Waals surface area contributed by atoms with Gasteiger partial charge in [-0.1, -0.05) is 18.6 Å². The number of nitrogens with two attached hydrogens (primary N) is 1. The third-order valence-corrected chi connectivity index (χ3v) is 4.20. The second kappa shape index (κ2) is 3.36. The quantitative estimate of drug-likeness (QED) is 0.818. The van der Waals surface area contributed by atoms with E-state index in [4.69, 9.17) is 5.73 Å². The van der Waals surface area contributed by atoms with Crippen molar-refractivity contribution in [2.75, 3.05) is 6.54 Å². The number of aryl methyl sites for hydroxylation is 1. The third-order valence-electron chi connectivity index (χ3n) is 4.20. The van der Waals surface area contributed by atoms with E-state index in [-0.39, 0.29) is 5.41 Å². The number of aromatic nitrogens is 1. The third kappa shape index (κ3) is 1.23. The Balaban J connectivity index is 2.13. The summed E-state index contributed by atoms with van der Waals surface area (Å²) in [7, 11) is 2.10. The Bertz CT molecular complexity index is 515. The van der Waals surface area contributed by atoms with Crippen LogP contribution < -0.4 is 5.73 Å². The largest absolute Gasteiger partial charge is 0.351 e. The molecule has 1 heterocycles. The van der Waals surface area contributed by atoms with Gasteiger partial charge in [0.2, 0.25) is 0 Å². The van der Waals surface area contributed by atoms with E-state index in [0.717, 1.165) is 6.54 Å². The number of rotatable bonds is 2. The van der Waals surface area contributed by atoms with Crippen molar-refractivity contribution in [3.63, 3.8) is 0 Å². The molecule has 1 fully saturated rings. The molecule has 0 aliphatic heterocycles. The summed E-state index contributed by atoms with van der Waals surface area (Å²) in [5.41, 5.74) is 8.97. The zero-order valence-electron chi connectivity index (χ0n) is 9.74. The van der Waals surface area contributed by atoms with E-state index in [1.54, 1.807) is 0 Å². The molecule has 1 saturated carbocycles. The van der Waals surface area contributed by atoms with Crippen LogP contribution in [0.1, 0.15) is 24.8 Å². The fourth-order valence-electron chi connectivity index (χ4n) is 2.81. The number of hydrogen-bond donors (Lipinski definition) is 1. The van der Waals surface area contributed by atoms with Gasteiger partial charge in [-0.15, -0.1) is 0 Å². The van der Waals surface area contributed by atoms with Gasteiger partial charge in [-0.25, -0.2) is 0 Å². The monoisotopic (exact) mass is 214 g/mol. The van der Waals surface area contributed by atoms with Crippen LogP contribution in [0.5, 0.6) is 0 Å². The maximum atomic E-state index is 5.95. The van der Waals surface area contributed by atoms with Crippen LogP contribution in [0.2, 0.25) is 0 Å². The van der Waals surface area contributed by atoms with Crippen molar-refractivity contribution in [2.24, 2.45) is 12.8 Å². The zero-order valence-corrected chi connectivity index (χ0v) is 9.74. The molecule has 0 bridgehead atoms. The van der Waals surface area contributed by atoms with Crippen molar-refractivity contribution >= 4 is 10.9 Å². The summed E-state index contributed by atoms with van der Waals surface area (Å²) in [4.78, 5) is 0. The van der Waals surface area contributed by atoms with Gasteiger partial charge in [0, 0.05) is 30.7 Å². The molecule has 1 aromatic heterocycles. The smallest absolute Gasteiger partial charge is 0.0480 e. The lowest BCUT2D eigenvalue weighted by Crippen LogP contribution is -2.41. The molecule has 0 atom stereocenters. The van der Waals surface area contributed by atoms with Crippen molar-refractivity contribution in [1.29, 1.82) is 0 Å². The van der Waals surface area contributed by atoms with E-state index in [0.29, 0.717) is 0 Å². The fourth-order valence-corrected chi connectivity index (χ4v) is 2.81. The highest BCUT2D eigenvalue weighted by Crippen LogP contribution is 2.43. The highest BCUT2D eigenvalue weighted by molar-refractivity contribution is 5.81. The van der Waals surface area contributed by atoms with Gasteiger partial charge in [-0.05, 0) is 35.9 Å². The molecular formula is C14H18N2. The van der Waals surface area contributed by atoms with E-state index in [9.17, 15) is 0 Å². The number of benzene rings is 1. The topological polar surface area (TPSA) is 30.9 Å². The van der Waals surface area contributed by atoms with Crippen LogP contribution >= 0.6 is 0 Å². The summed E-state index contributed by atoms with van der Waals surface area (Å²) >= 11 is 0. The Hall–Kier alpha value is -1.28. The number of hydrogen-bond acceptors (Lipinski definition) is 1. The normalized spacial score (nSPS) is 18.6.